The number of hydrogen-bond acceptors (Lipinski definition) is 3. The van der Waals surface area contributed by atoms with Crippen molar-refractivity contribution in [2.24, 2.45) is 0 Å². The van der Waals surface area contributed by atoms with E-state index in [4.69, 9.17) is 28.9 Å². The molecule has 0 aliphatic carbocycles. The van der Waals surface area contributed by atoms with Gasteiger partial charge in [0.1, 0.15) is 11.4 Å². The van der Waals surface area contributed by atoms with E-state index in [9.17, 15) is 21.6 Å². The standard InChI is InChI=1S/C10H11Cl2F3N2O2S/c1-2-17(5-10(13,14)15)20(18,19)9-7(12)3-6(11)4-8(9)16/h3-4H,2,5,16H2,1H3. The molecule has 114 valence electrons. The highest BCUT2D eigenvalue weighted by molar-refractivity contribution is 7.89. The zero-order chi connectivity index (χ0) is 15.7. The number of sulfonamides is 1. The molecule has 0 aromatic heterocycles. The maximum absolute atomic E-state index is 12.4. The van der Waals surface area contributed by atoms with Crippen molar-refractivity contribution in [2.75, 3.05) is 18.8 Å². The van der Waals surface area contributed by atoms with E-state index in [-0.39, 0.29) is 26.6 Å². The van der Waals surface area contributed by atoms with Gasteiger partial charge in [0.05, 0.1) is 10.7 Å². The van der Waals surface area contributed by atoms with Gasteiger partial charge in [-0.05, 0) is 12.1 Å². The Morgan fingerprint density at radius 1 is 1.30 bits per heavy atom. The lowest BCUT2D eigenvalue weighted by atomic mass is 10.3. The predicted octanol–water partition coefficient (Wildman–Crippen LogP) is 3.15. The van der Waals surface area contributed by atoms with Crippen LogP contribution in [0.3, 0.4) is 0 Å². The average Bonchev–Trinajstić information content (AvgIpc) is 2.22. The summed E-state index contributed by atoms with van der Waals surface area (Å²) in [6.45, 7) is -0.715. The molecule has 0 atom stereocenters. The minimum atomic E-state index is -4.67. The van der Waals surface area contributed by atoms with Crippen molar-refractivity contribution in [3.63, 3.8) is 0 Å². The van der Waals surface area contributed by atoms with Crippen molar-refractivity contribution < 1.29 is 21.6 Å². The monoisotopic (exact) mass is 350 g/mol. The van der Waals surface area contributed by atoms with Gasteiger partial charge in [0.25, 0.3) is 0 Å². The summed E-state index contributed by atoms with van der Waals surface area (Å²) in [5, 5.41) is -0.235. The Kier molecular flexibility index (Phi) is 5.18. The number of halogens is 5. The first-order valence-corrected chi connectivity index (χ1v) is 7.50. The molecular formula is C10H11Cl2F3N2O2S. The van der Waals surface area contributed by atoms with Crippen LogP contribution in [0.15, 0.2) is 17.0 Å². The molecule has 0 spiro atoms. The molecular weight excluding hydrogens is 340 g/mol. The first kappa shape index (κ1) is 17.4. The molecule has 0 saturated heterocycles. The van der Waals surface area contributed by atoms with Gasteiger partial charge < -0.3 is 5.73 Å². The molecule has 0 heterocycles. The summed E-state index contributed by atoms with van der Waals surface area (Å²) in [6.07, 6.45) is -4.67. The van der Waals surface area contributed by atoms with E-state index in [1.54, 1.807) is 0 Å². The van der Waals surface area contributed by atoms with Crippen LogP contribution >= 0.6 is 23.2 Å². The summed E-state index contributed by atoms with van der Waals surface area (Å²) in [6, 6.07) is 2.22. The molecule has 0 saturated carbocycles. The lowest BCUT2D eigenvalue weighted by Gasteiger charge is -2.23. The maximum atomic E-state index is 12.4. The molecule has 0 radical (unpaired) electrons. The van der Waals surface area contributed by atoms with Crippen molar-refractivity contribution in [3.05, 3.63) is 22.2 Å². The molecule has 0 unspecified atom stereocenters. The second-order valence-corrected chi connectivity index (χ2v) is 6.57. The normalized spacial score (nSPS) is 12.9. The van der Waals surface area contributed by atoms with Crippen LogP contribution in [0.1, 0.15) is 6.92 Å². The Morgan fingerprint density at radius 2 is 1.85 bits per heavy atom. The van der Waals surface area contributed by atoms with Crippen LogP contribution in [0.4, 0.5) is 18.9 Å². The third-order valence-corrected chi connectivity index (χ3v) is 5.01. The summed E-state index contributed by atoms with van der Waals surface area (Å²) >= 11 is 11.4. The lowest BCUT2D eigenvalue weighted by Crippen LogP contribution is -2.39. The maximum Gasteiger partial charge on any atom is 0.402 e. The van der Waals surface area contributed by atoms with Crippen molar-refractivity contribution >= 4 is 38.9 Å². The zero-order valence-electron chi connectivity index (χ0n) is 10.2. The molecule has 0 aliphatic rings. The van der Waals surface area contributed by atoms with Gasteiger partial charge in [-0.1, -0.05) is 30.1 Å². The first-order chi connectivity index (χ1) is 8.99. The Bertz CT molecular complexity index is 582. The van der Waals surface area contributed by atoms with Gasteiger partial charge >= 0.3 is 6.18 Å². The van der Waals surface area contributed by atoms with Crippen LogP contribution in [0.25, 0.3) is 0 Å². The van der Waals surface area contributed by atoms with Crippen LogP contribution < -0.4 is 5.73 Å². The molecule has 1 rings (SSSR count). The van der Waals surface area contributed by atoms with Gasteiger partial charge in [0.15, 0.2) is 0 Å². The third-order valence-electron chi connectivity index (χ3n) is 2.34. The van der Waals surface area contributed by atoms with Crippen LogP contribution in [-0.4, -0.2) is 32.0 Å². The molecule has 20 heavy (non-hydrogen) atoms. The second kappa shape index (κ2) is 5.97. The van der Waals surface area contributed by atoms with E-state index in [1.165, 1.54) is 6.92 Å². The van der Waals surface area contributed by atoms with E-state index in [0.29, 0.717) is 0 Å². The van der Waals surface area contributed by atoms with Crippen molar-refractivity contribution in [1.82, 2.24) is 4.31 Å². The number of nitrogens with two attached hydrogens (primary N) is 1. The summed E-state index contributed by atoms with van der Waals surface area (Å²) < 4.78 is 61.9. The van der Waals surface area contributed by atoms with Gasteiger partial charge in [-0.25, -0.2) is 8.42 Å². The summed E-state index contributed by atoms with van der Waals surface area (Å²) in [7, 11) is -4.46. The number of nitrogen functional groups attached to an aromatic ring is 1. The predicted molar refractivity (Wildman–Crippen MR) is 71.4 cm³/mol. The Balaban J connectivity index is 3.35. The fourth-order valence-electron chi connectivity index (χ4n) is 1.55. The highest BCUT2D eigenvalue weighted by atomic mass is 35.5. The van der Waals surface area contributed by atoms with Crippen molar-refractivity contribution in [3.8, 4) is 0 Å². The molecule has 0 amide bonds. The van der Waals surface area contributed by atoms with Crippen LogP contribution in [0.2, 0.25) is 10.0 Å². The lowest BCUT2D eigenvalue weighted by molar-refractivity contribution is -0.135. The van der Waals surface area contributed by atoms with Crippen LogP contribution in [-0.2, 0) is 10.0 Å². The quantitative estimate of drug-likeness (QED) is 0.848. The highest BCUT2D eigenvalue weighted by Crippen LogP contribution is 2.34. The number of alkyl halides is 3. The Hall–Kier alpha value is -0.700. The molecule has 1 aromatic carbocycles. The van der Waals surface area contributed by atoms with Crippen molar-refractivity contribution in [1.29, 1.82) is 0 Å². The first-order valence-electron chi connectivity index (χ1n) is 5.30. The Morgan fingerprint density at radius 3 is 2.25 bits per heavy atom. The van der Waals surface area contributed by atoms with Crippen LogP contribution in [0.5, 0.6) is 0 Å². The molecule has 0 bridgehead atoms. The molecule has 4 nitrogen and oxygen atoms in total. The van der Waals surface area contributed by atoms with E-state index >= 15 is 0 Å². The average molecular weight is 351 g/mol. The third kappa shape index (κ3) is 3.91. The summed E-state index contributed by atoms with van der Waals surface area (Å²) in [5.41, 5.74) is 5.21. The van der Waals surface area contributed by atoms with Crippen LogP contribution in [0, 0.1) is 0 Å². The number of nitrogens with zero attached hydrogens (tertiary/aromatic N) is 1. The number of benzene rings is 1. The number of anilines is 1. The minimum absolute atomic E-state index is 0.0883. The number of rotatable bonds is 4. The van der Waals surface area contributed by atoms with Gasteiger partial charge in [-0.15, -0.1) is 0 Å². The van der Waals surface area contributed by atoms with E-state index in [0.717, 1.165) is 12.1 Å². The smallest absolute Gasteiger partial charge is 0.398 e. The Labute approximate surface area is 124 Å². The summed E-state index contributed by atoms with van der Waals surface area (Å²) in [5.74, 6) is 0. The largest absolute Gasteiger partial charge is 0.402 e. The second-order valence-electron chi connectivity index (χ2n) is 3.85. The molecule has 2 N–H and O–H groups in total. The molecule has 1 aromatic rings. The molecule has 0 aliphatic heterocycles. The van der Waals surface area contributed by atoms with E-state index in [1.807, 2.05) is 0 Å². The topological polar surface area (TPSA) is 63.4 Å². The zero-order valence-corrected chi connectivity index (χ0v) is 12.5. The van der Waals surface area contributed by atoms with E-state index < -0.39 is 27.6 Å². The minimum Gasteiger partial charge on any atom is -0.398 e. The fourth-order valence-corrected chi connectivity index (χ4v) is 3.93. The van der Waals surface area contributed by atoms with E-state index in [2.05, 4.69) is 0 Å². The summed E-state index contributed by atoms with van der Waals surface area (Å²) in [4.78, 5) is -0.574. The van der Waals surface area contributed by atoms with Gasteiger partial charge in [-0.2, -0.15) is 17.5 Å². The molecule has 0 fully saturated rings. The van der Waals surface area contributed by atoms with Gasteiger partial charge in [-0.3, -0.25) is 0 Å². The van der Waals surface area contributed by atoms with Crippen molar-refractivity contribution in [2.45, 2.75) is 18.0 Å². The van der Waals surface area contributed by atoms with Gasteiger partial charge in [0.2, 0.25) is 10.0 Å². The number of hydrogen-bond donors (Lipinski definition) is 1. The molecule has 10 heteroatoms. The van der Waals surface area contributed by atoms with Gasteiger partial charge in [0, 0.05) is 11.6 Å². The highest BCUT2D eigenvalue weighted by Gasteiger charge is 2.37. The SMILES string of the molecule is CCN(CC(F)(F)F)S(=O)(=O)c1c(N)cc(Cl)cc1Cl. The fraction of sp³-hybridized carbons (Fsp3) is 0.400.